The number of H-pyrrole nitrogens is 1. The highest BCUT2D eigenvalue weighted by molar-refractivity contribution is 5.74. The highest BCUT2D eigenvalue weighted by atomic mass is 16.5. The maximum absolute atomic E-state index is 12.4. The van der Waals surface area contributed by atoms with Crippen LogP contribution in [0.1, 0.15) is 23.1 Å². The lowest BCUT2D eigenvalue weighted by molar-refractivity contribution is -0.0176. The fraction of sp³-hybridized carbons (Fsp3) is 0.500. The standard InChI is InChI=1S/C16H23N7O2/c1-11-12(9-19-21-11)8-18-16(24)23-6-7-25-14(10-23)13-4-5-17-15(20-13)22(2)3/h4-5,9,14H,6-8,10H2,1-3H3,(H,18,24)(H,19,21). The van der Waals surface area contributed by atoms with Crippen molar-refractivity contribution in [2.45, 2.75) is 19.6 Å². The Bertz CT molecular complexity index is 731. The van der Waals surface area contributed by atoms with Crippen molar-refractivity contribution in [2.24, 2.45) is 0 Å². The number of rotatable bonds is 4. The summed E-state index contributed by atoms with van der Waals surface area (Å²) in [6.07, 6.45) is 3.18. The van der Waals surface area contributed by atoms with E-state index in [1.54, 1.807) is 17.3 Å². The van der Waals surface area contributed by atoms with E-state index in [0.29, 0.717) is 32.2 Å². The van der Waals surface area contributed by atoms with Crippen molar-refractivity contribution < 1.29 is 9.53 Å². The second kappa shape index (κ2) is 7.47. The number of hydrogen-bond acceptors (Lipinski definition) is 6. The van der Waals surface area contributed by atoms with E-state index < -0.39 is 0 Å². The average molecular weight is 345 g/mol. The lowest BCUT2D eigenvalue weighted by atomic mass is 10.2. The van der Waals surface area contributed by atoms with Gasteiger partial charge in [0.2, 0.25) is 5.95 Å². The molecule has 1 atom stereocenters. The first-order valence-electron chi connectivity index (χ1n) is 8.18. The number of nitrogens with zero attached hydrogens (tertiary/aromatic N) is 5. The molecule has 0 bridgehead atoms. The molecule has 134 valence electrons. The molecule has 3 rings (SSSR count). The van der Waals surface area contributed by atoms with Gasteiger partial charge in [0.1, 0.15) is 6.10 Å². The first-order chi connectivity index (χ1) is 12.0. The molecule has 1 saturated heterocycles. The maximum Gasteiger partial charge on any atom is 0.317 e. The summed E-state index contributed by atoms with van der Waals surface area (Å²) in [5.41, 5.74) is 2.71. The van der Waals surface area contributed by atoms with Gasteiger partial charge < -0.3 is 19.9 Å². The molecule has 2 aromatic rings. The number of aromatic amines is 1. The van der Waals surface area contributed by atoms with E-state index >= 15 is 0 Å². The first kappa shape index (κ1) is 17.2. The van der Waals surface area contributed by atoms with Crippen LogP contribution in [0.25, 0.3) is 0 Å². The van der Waals surface area contributed by atoms with Gasteiger partial charge in [-0.15, -0.1) is 0 Å². The van der Waals surface area contributed by atoms with Crippen molar-refractivity contribution in [3.05, 3.63) is 35.4 Å². The van der Waals surface area contributed by atoms with Gasteiger partial charge in [0.05, 0.1) is 25.0 Å². The predicted octanol–water partition coefficient (Wildman–Crippen LogP) is 0.857. The van der Waals surface area contributed by atoms with Crippen LogP contribution in [-0.2, 0) is 11.3 Å². The van der Waals surface area contributed by atoms with Gasteiger partial charge in [-0.3, -0.25) is 5.10 Å². The van der Waals surface area contributed by atoms with Crippen LogP contribution in [0.4, 0.5) is 10.7 Å². The topological polar surface area (TPSA) is 99.3 Å². The van der Waals surface area contributed by atoms with Crippen LogP contribution in [0.2, 0.25) is 0 Å². The molecule has 2 amide bonds. The lowest BCUT2D eigenvalue weighted by Crippen LogP contribution is -2.47. The number of amides is 2. The monoisotopic (exact) mass is 345 g/mol. The Kier molecular flexibility index (Phi) is 5.13. The molecule has 25 heavy (non-hydrogen) atoms. The summed E-state index contributed by atoms with van der Waals surface area (Å²) in [7, 11) is 3.77. The van der Waals surface area contributed by atoms with E-state index in [4.69, 9.17) is 4.74 Å². The third kappa shape index (κ3) is 4.05. The summed E-state index contributed by atoms with van der Waals surface area (Å²) >= 11 is 0. The molecular weight excluding hydrogens is 322 g/mol. The molecule has 0 aromatic carbocycles. The summed E-state index contributed by atoms with van der Waals surface area (Å²) in [5, 5.41) is 9.75. The number of urea groups is 1. The van der Waals surface area contributed by atoms with Crippen LogP contribution < -0.4 is 10.2 Å². The van der Waals surface area contributed by atoms with Gasteiger partial charge in [-0.05, 0) is 13.0 Å². The molecule has 3 heterocycles. The number of aromatic nitrogens is 4. The molecule has 1 aliphatic heterocycles. The van der Waals surface area contributed by atoms with Crippen LogP contribution in [0.15, 0.2) is 18.5 Å². The molecule has 1 fully saturated rings. The number of aryl methyl sites for hydroxylation is 1. The Morgan fingerprint density at radius 1 is 1.52 bits per heavy atom. The van der Waals surface area contributed by atoms with Crippen LogP contribution in [0, 0.1) is 6.92 Å². The minimum Gasteiger partial charge on any atom is -0.368 e. The molecule has 0 saturated carbocycles. The number of ether oxygens (including phenoxy) is 1. The van der Waals surface area contributed by atoms with Crippen molar-refractivity contribution >= 4 is 12.0 Å². The zero-order valence-corrected chi connectivity index (χ0v) is 14.7. The van der Waals surface area contributed by atoms with Gasteiger partial charge in [0.25, 0.3) is 0 Å². The Morgan fingerprint density at radius 2 is 2.36 bits per heavy atom. The van der Waals surface area contributed by atoms with E-state index in [2.05, 4.69) is 25.5 Å². The largest absolute Gasteiger partial charge is 0.368 e. The Balaban J connectivity index is 1.61. The summed E-state index contributed by atoms with van der Waals surface area (Å²) < 4.78 is 5.80. The number of carbonyl (C=O) groups excluding carboxylic acids is 1. The number of hydrogen-bond donors (Lipinski definition) is 2. The molecule has 0 aliphatic carbocycles. The minimum atomic E-state index is -0.253. The molecule has 0 radical (unpaired) electrons. The maximum atomic E-state index is 12.4. The molecule has 2 N–H and O–H groups in total. The lowest BCUT2D eigenvalue weighted by Gasteiger charge is -2.32. The third-order valence-electron chi connectivity index (χ3n) is 4.11. The number of morpholine rings is 1. The molecule has 1 unspecified atom stereocenters. The SMILES string of the molecule is Cc1[nH]ncc1CNC(=O)N1CCOC(c2ccnc(N(C)C)n2)C1. The molecule has 9 heteroatoms. The zero-order chi connectivity index (χ0) is 17.8. The second-order valence-electron chi connectivity index (χ2n) is 6.16. The Labute approximate surface area is 146 Å². The van der Waals surface area contributed by atoms with Gasteiger partial charge in [-0.2, -0.15) is 5.10 Å². The fourth-order valence-corrected chi connectivity index (χ4v) is 2.61. The van der Waals surface area contributed by atoms with Crippen LogP contribution in [-0.4, -0.2) is 64.9 Å². The van der Waals surface area contributed by atoms with Crippen molar-refractivity contribution in [1.82, 2.24) is 30.4 Å². The average Bonchev–Trinajstić information content (AvgIpc) is 3.05. The number of nitrogens with one attached hydrogen (secondary N) is 2. The van der Waals surface area contributed by atoms with Crippen LogP contribution in [0.3, 0.4) is 0 Å². The highest BCUT2D eigenvalue weighted by Gasteiger charge is 2.26. The van der Waals surface area contributed by atoms with E-state index in [9.17, 15) is 4.79 Å². The van der Waals surface area contributed by atoms with Gasteiger partial charge >= 0.3 is 6.03 Å². The van der Waals surface area contributed by atoms with E-state index in [-0.39, 0.29) is 12.1 Å². The van der Waals surface area contributed by atoms with Crippen molar-refractivity contribution in [3.8, 4) is 0 Å². The molecule has 9 nitrogen and oxygen atoms in total. The van der Waals surface area contributed by atoms with Crippen molar-refractivity contribution in [1.29, 1.82) is 0 Å². The van der Waals surface area contributed by atoms with E-state index in [1.165, 1.54) is 0 Å². The number of anilines is 1. The summed E-state index contributed by atoms with van der Waals surface area (Å²) in [4.78, 5) is 24.8. The van der Waals surface area contributed by atoms with Gasteiger partial charge in [-0.25, -0.2) is 14.8 Å². The van der Waals surface area contributed by atoms with Crippen LogP contribution >= 0.6 is 0 Å². The minimum absolute atomic E-state index is 0.115. The number of carbonyl (C=O) groups is 1. The molecule has 1 aliphatic rings. The highest BCUT2D eigenvalue weighted by Crippen LogP contribution is 2.21. The second-order valence-corrected chi connectivity index (χ2v) is 6.16. The van der Waals surface area contributed by atoms with Gasteiger partial charge in [0, 0.05) is 44.6 Å². The van der Waals surface area contributed by atoms with E-state index in [1.807, 2.05) is 32.0 Å². The zero-order valence-electron chi connectivity index (χ0n) is 14.7. The Morgan fingerprint density at radius 3 is 3.08 bits per heavy atom. The fourth-order valence-electron chi connectivity index (χ4n) is 2.61. The van der Waals surface area contributed by atoms with Gasteiger partial charge in [-0.1, -0.05) is 0 Å². The predicted molar refractivity (Wildman–Crippen MR) is 92.2 cm³/mol. The van der Waals surface area contributed by atoms with Crippen molar-refractivity contribution in [2.75, 3.05) is 38.7 Å². The third-order valence-corrected chi connectivity index (χ3v) is 4.11. The normalized spacial score (nSPS) is 17.4. The summed E-state index contributed by atoms with van der Waals surface area (Å²) in [5.74, 6) is 0.623. The van der Waals surface area contributed by atoms with Gasteiger partial charge in [0.15, 0.2) is 0 Å². The van der Waals surface area contributed by atoms with Crippen LogP contribution in [0.5, 0.6) is 0 Å². The smallest absolute Gasteiger partial charge is 0.317 e. The molecule has 2 aromatic heterocycles. The quantitative estimate of drug-likeness (QED) is 0.852. The van der Waals surface area contributed by atoms with Crippen molar-refractivity contribution in [3.63, 3.8) is 0 Å². The summed E-state index contributed by atoms with van der Waals surface area (Å²) in [6.45, 7) is 3.86. The first-order valence-corrected chi connectivity index (χ1v) is 8.18. The summed E-state index contributed by atoms with van der Waals surface area (Å²) in [6, 6.07) is 1.71. The molecule has 0 spiro atoms. The van der Waals surface area contributed by atoms with E-state index in [0.717, 1.165) is 17.0 Å². The molecular formula is C16H23N7O2. The Hall–Kier alpha value is -2.68.